The van der Waals surface area contributed by atoms with Crippen LogP contribution in [0.15, 0.2) is 0 Å². The Kier molecular flexibility index (Phi) is 6.69. The summed E-state index contributed by atoms with van der Waals surface area (Å²) in [4.78, 5) is 0. The van der Waals surface area contributed by atoms with Crippen molar-refractivity contribution in [2.24, 2.45) is 58.2 Å². The molecule has 2 unspecified atom stereocenters. The molecule has 0 aromatic rings. The van der Waals surface area contributed by atoms with Gasteiger partial charge < -0.3 is 10.2 Å². The molecule has 0 radical (unpaired) electrons. The van der Waals surface area contributed by atoms with E-state index in [9.17, 15) is 10.2 Å². The second-order valence-corrected chi connectivity index (χ2v) is 12.9. The Balaban J connectivity index is 1.46. The molecule has 4 fully saturated rings. The zero-order valence-electron chi connectivity index (χ0n) is 20.6. The SMILES string of the molecule is CC(CO)[C@@H](C)CC[C@@H](C)[C@H]1CC[C@H]2[C@@H]3CCC4CCC[C@H](O)[C@]4(C)[C@H]3CC[C@]12C. The van der Waals surface area contributed by atoms with Gasteiger partial charge in [0.15, 0.2) is 0 Å². The largest absolute Gasteiger partial charge is 0.396 e. The highest BCUT2D eigenvalue weighted by atomic mass is 16.3. The molecule has 4 rings (SSSR count). The predicted molar refractivity (Wildman–Crippen MR) is 125 cm³/mol. The molecule has 0 aromatic carbocycles. The second-order valence-electron chi connectivity index (χ2n) is 12.9. The van der Waals surface area contributed by atoms with Crippen LogP contribution < -0.4 is 0 Å². The summed E-state index contributed by atoms with van der Waals surface area (Å²) in [6.07, 6.45) is 14.6. The molecule has 2 heteroatoms. The van der Waals surface area contributed by atoms with Crippen LogP contribution >= 0.6 is 0 Å². The van der Waals surface area contributed by atoms with E-state index in [1.165, 1.54) is 64.2 Å². The quantitative estimate of drug-likeness (QED) is 0.504. The molecule has 4 aliphatic carbocycles. The van der Waals surface area contributed by atoms with Gasteiger partial charge >= 0.3 is 0 Å². The summed E-state index contributed by atoms with van der Waals surface area (Å²) in [7, 11) is 0. The highest BCUT2D eigenvalue weighted by Crippen LogP contribution is 2.68. The Labute approximate surface area is 186 Å². The smallest absolute Gasteiger partial charge is 0.0599 e. The molecule has 0 aromatic heterocycles. The van der Waals surface area contributed by atoms with Crippen LogP contribution in [0.2, 0.25) is 0 Å². The lowest BCUT2D eigenvalue weighted by Crippen LogP contribution is -2.57. The topological polar surface area (TPSA) is 40.5 Å². The fourth-order valence-corrected chi connectivity index (χ4v) is 9.48. The van der Waals surface area contributed by atoms with Crippen molar-refractivity contribution in [3.63, 3.8) is 0 Å². The van der Waals surface area contributed by atoms with Gasteiger partial charge in [-0.1, -0.05) is 53.9 Å². The maximum Gasteiger partial charge on any atom is 0.0599 e. The highest BCUT2D eigenvalue weighted by molar-refractivity contribution is 5.10. The van der Waals surface area contributed by atoms with Crippen molar-refractivity contribution in [3.8, 4) is 0 Å². The van der Waals surface area contributed by atoms with Gasteiger partial charge in [0.25, 0.3) is 0 Å². The maximum absolute atomic E-state index is 11.1. The lowest BCUT2D eigenvalue weighted by atomic mass is 9.44. The van der Waals surface area contributed by atoms with Crippen molar-refractivity contribution < 1.29 is 10.2 Å². The molecule has 0 aliphatic heterocycles. The molecular formula is C28H50O2. The average molecular weight is 419 g/mol. The molecule has 0 saturated heterocycles. The van der Waals surface area contributed by atoms with E-state index in [1.807, 2.05) is 0 Å². The van der Waals surface area contributed by atoms with Gasteiger partial charge in [-0.15, -0.1) is 0 Å². The van der Waals surface area contributed by atoms with Gasteiger partial charge in [-0.3, -0.25) is 0 Å². The summed E-state index contributed by atoms with van der Waals surface area (Å²) in [5, 5.41) is 20.6. The van der Waals surface area contributed by atoms with Gasteiger partial charge in [0.05, 0.1) is 6.10 Å². The minimum atomic E-state index is -0.0560. The third-order valence-corrected chi connectivity index (χ3v) is 11.8. The van der Waals surface area contributed by atoms with Gasteiger partial charge in [0.2, 0.25) is 0 Å². The van der Waals surface area contributed by atoms with Crippen LogP contribution in [-0.2, 0) is 0 Å². The molecule has 0 spiro atoms. The van der Waals surface area contributed by atoms with E-state index in [-0.39, 0.29) is 11.5 Å². The van der Waals surface area contributed by atoms with Crippen LogP contribution in [0, 0.1) is 58.2 Å². The van der Waals surface area contributed by atoms with E-state index in [4.69, 9.17) is 0 Å². The molecule has 2 nitrogen and oxygen atoms in total. The van der Waals surface area contributed by atoms with Gasteiger partial charge in [0, 0.05) is 6.61 Å². The monoisotopic (exact) mass is 418 g/mol. The van der Waals surface area contributed by atoms with Crippen molar-refractivity contribution in [1.82, 2.24) is 0 Å². The summed E-state index contributed by atoms with van der Waals surface area (Å²) in [5.74, 6) is 6.03. The Hall–Kier alpha value is -0.0800. The standard InChI is InChI=1S/C28H50O2/c1-18(20(3)17-29)9-10-19(2)23-13-14-24-22-12-11-21-7-6-8-26(30)28(21,5)25(22)15-16-27(23,24)4/h18-26,29-30H,6-17H2,1-5H3/t18-,19+,20?,21?,22-,23+,24-,25-,26-,27+,28-/m0/s1. The highest BCUT2D eigenvalue weighted by Gasteiger charge is 2.61. The van der Waals surface area contributed by atoms with Crippen LogP contribution in [0.5, 0.6) is 0 Å². The summed E-state index contributed by atoms with van der Waals surface area (Å²) in [6.45, 7) is 12.5. The van der Waals surface area contributed by atoms with Gasteiger partial charge in [0.1, 0.15) is 0 Å². The predicted octanol–water partition coefficient (Wildman–Crippen LogP) is 6.69. The van der Waals surface area contributed by atoms with E-state index in [0.717, 1.165) is 41.9 Å². The molecule has 0 heterocycles. The number of aliphatic hydroxyl groups excluding tert-OH is 2. The van der Waals surface area contributed by atoms with Gasteiger partial charge in [-0.25, -0.2) is 0 Å². The van der Waals surface area contributed by atoms with Crippen LogP contribution in [-0.4, -0.2) is 22.9 Å². The first-order chi connectivity index (χ1) is 14.2. The number of hydrogen-bond acceptors (Lipinski definition) is 2. The van der Waals surface area contributed by atoms with Gasteiger partial charge in [-0.2, -0.15) is 0 Å². The molecule has 4 saturated carbocycles. The Morgan fingerprint density at radius 2 is 1.60 bits per heavy atom. The zero-order chi connectivity index (χ0) is 21.7. The lowest BCUT2D eigenvalue weighted by Gasteiger charge is -2.62. The molecule has 174 valence electrons. The summed E-state index contributed by atoms with van der Waals surface area (Å²) >= 11 is 0. The molecule has 0 bridgehead atoms. The lowest BCUT2D eigenvalue weighted by molar-refractivity contribution is -0.164. The van der Waals surface area contributed by atoms with Gasteiger partial charge in [-0.05, 0) is 110 Å². The summed E-state index contributed by atoms with van der Waals surface area (Å²) < 4.78 is 0. The first kappa shape index (κ1) is 23.1. The zero-order valence-corrected chi connectivity index (χ0v) is 20.6. The minimum Gasteiger partial charge on any atom is -0.396 e. The second kappa shape index (κ2) is 8.69. The van der Waals surface area contributed by atoms with E-state index in [0.29, 0.717) is 23.9 Å². The minimum absolute atomic E-state index is 0.0560. The average Bonchev–Trinajstić information content (AvgIpc) is 3.09. The number of rotatable bonds is 6. The van der Waals surface area contributed by atoms with Crippen LogP contribution in [0.3, 0.4) is 0 Å². The first-order valence-corrected chi connectivity index (χ1v) is 13.5. The molecule has 0 amide bonds. The van der Waals surface area contributed by atoms with Crippen molar-refractivity contribution >= 4 is 0 Å². The van der Waals surface area contributed by atoms with Crippen LogP contribution in [0.1, 0.15) is 105 Å². The van der Waals surface area contributed by atoms with Crippen molar-refractivity contribution in [3.05, 3.63) is 0 Å². The van der Waals surface area contributed by atoms with E-state index < -0.39 is 0 Å². The summed E-state index contributed by atoms with van der Waals surface area (Å²) in [6, 6.07) is 0. The Morgan fingerprint density at radius 3 is 2.33 bits per heavy atom. The third-order valence-electron chi connectivity index (χ3n) is 11.8. The fourth-order valence-electron chi connectivity index (χ4n) is 9.48. The third kappa shape index (κ3) is 3.60. The molecule has 11 atom stereocenters. The van der Waals surface area contributed by atoms with E-state index in [1.54, 1.807) is 0 Å². The molecule has 30 heavy (non-hydrogen) atoms. The van der Waals surface area contributed by atoms with Crippen LogP contribution in [0.25, 0.3) is 0 Å². The molecular weight excluding hydrogens is 368 g/mol. The van der Waals surface area contributed by atoms with Crippen molar-refractivity contribution in [1.29, 1.82) is 0 Å². The van der Waals surface area contributed by atoms with E-state index in [2.05, 4.69) is 34.6 Å². The summed E-state index contributed by atoms with van der Waals surface area (Å²) in [5.41, 5.74) is 0.720. The fraction of sp³-hybridized carbons (Fsp3) is 1.00. The molecule has 2 N–H and O–H groups in total. The molecule has 4 aliphatic rings. The number of fused-ring (bicyclic) bond motifs is 5. The van der Waals surface area contributed by atoms with Crippen molar-refractivity contribution in [2.45, 2.75) is 111 Å². The Bertz CT molecular complexity index is 589. The Morgan fingerprint density at radius 1 is 0.833 bits per heavy atom. The normalized spacial score (nSPS) is 48.9. The van der Waals surface area contributed by atoms with Crippen molar-refractivity contribution in [2.75, 3.05) is 6.61 Å². The van der Waals surface area contributed by atoms with E-state index >= 15 is 0 Å². The maximum atomic E-state index is 11.1. The number of hydrogen-bond donors (Lipinski definition) is 2. The van der Waals surface area contributed by atoms with Crippen LogP contribution in [0.4, 0.5) is 0 Å². The first-order valence-electron chi connectivity index (χ1n) is 13.5. The number of aliphatic hydroxyl groups is 2.